The fourth-order valence-corrected chi connectivity index (χ4v) is 3.39. The van der Waals surface area contributed by atoms with Crippen molar-refractivity contribution < 1.29 is 29.0 Å². The van der Waals surface area contributed by atoms with Gasteiger partial charge in [0.05, 0.1) is 37.9 Å². The van der Waals surface area contributed by atoms with Gasteiger partial charge in [-0.3, -0.25) is 10.1 Å². The molecule has 2 aromatic carbocycles. The van der Waals surface area contributed by atoms with Crippen molar-refractivity contribution in [3.63, 3.8) is 0 Å². The van der Waals surface area contributed by atoms with E-state index >= 15 is 0 Å². The number of hydrogen-bond donors (Lipinski definition) is 1. The molecule has 0 aliphatic heterocycles. The van der Waals surface area contributed by atoms with Crippen molar-refractivity contribution in [3.8, 4) is 11.5 Å². The van der Waals surface area contributed by atoms with Crippen LogP contribution >= 0.6 is 0 Å². The highest BCUT2D eigenvalue weighted by Gasteiger charge is 2.32. The molecule has 1 atom stereocenters. The molecule has 1 aromatic heterocycles. The predicted molar refractivity (Wildman–Crippen MR) is 117 cm³/mol. The lowest BCUT2D eigenvalue weighted by Gasteiger charge is -2.16. The van der Waals surface area contributed by atoms with Crippen molar-refractivity contribution in [1.29, 1.82) is 0 Å². The van der Waals surface area contributed by atoms with Crippen LogP contribution in [0.1, 0.15) is 45.9 Å². The molecule has 1 N–H and O–H groups in total. The van der Waals surface area contributed by atoms with E-state index in [0.717, 1.165) is 5.56 Å². The molecule has 0 aliphatic carbocycles. The number of aryl methyl sites for hydroxylation is 1. The van der Waals surface area contributed by atoms with Crippen LogP contribution in [0.2, 0.25) is 0 Å². The monoisotopic (exact) mass is 456 g/mol. The number of methoxy groups -OCH3 is 2. The van der Waals surface area contributed by atoms with E-state index in [-0.39, 0.29) is 35.8 Å². The van der Waals surface area contributed by atoms with Crippen molar-refractivity contribution in [2.75, 3.05) is 20.8 Å². The second-order valence-electron chi connectivity index (χ2n) is 7.09. The molecule has 33 heavy (non-hydrogen) atoms. The number of benzene rings is 2. The first kappa shape index (κ1) is 23.7. The molecule has 0 aliphatic rings. The molecule has 1 heterocycles. The fourth-order valence-electron chi connectivity index (χ4n) is 3.39. The van der Waals surface area contributed by atoms with Gasteiger partial charge in [0.25, 0.3) is 5.69 Å². The highest BCUT2D eigenvalue weighted by molar-refractivity contribution is 5.88. The second kappa shape index (κ2) is 10.1. The lowest BCUT2D eigenvalue weighted by Crippen LogP contribution is -2.17. The molecule has 3 aromatic rings. The smallest absolute Gasteiger partial charge is 0.360 e. The normalized spacial score (nSPS) is 11.7. The predicted octanol–water partition coefficient (Wildman–Crippen LogP) is 2.82. The van der Waals surface area contributed by atoms with E-state index < -0.39 is 17.0 Å². The zero-order chi connectivity index (χ0) is 24.1. The average molecular weight is 456 g/mol. The number of rotatable bonds is 9. The first-order valence-corrected chi connectivity index (χ1v) is 10.0. The van der Waals surface area contributed by atoms with Gasteiger partial charge in [-0.05, 0) is 43.2 Å². The SMILES string of the molecule is CCOC(=O)c1nnn(Cc2ccc(OC)cc2)c1C(O)c1cc(OC)c(C)cc1[N+](=O)[O-]. The molecule has 11 heteroatoms. The van der Waals surface area contributed by atoms with Gasteiger partial charge in [-0.1, -0.05) is 17.3 Å². The summed E-state index contributed by atoms with van der Waals surface area (Å²) >= 11 is 0. The summed E-state index contributed by atoms with van der Waals surface area (Å²) in [5, 5.41) is 30.9. The summed E-state index contributed by atoms with van der Waals surface area (Å²) in [7, 11) is 2.97. The van der Waals surface area contributed by atoms with Crippen molar-refractivity contribution in [3.05, 3.63) is 74.6 Å². The van der Waals surface area contributed by atoms with E-state index in [0.29, 0.717) is 17.1 Å². The van der Waals surface area contributed by atoms with Crippen molar-refractivity contribution in [2.24, 2.45) is 0 Å². The maximum absolute atomic E-state index is 12.5. The quantitative estimate of drug-likeness (QED) is 0.292. The van der Waals surface area contributed by atoms with Gasteiger partial charge in [0.15, 0.2) is 5.69 Å². The Bertz CT molecular complexity index is 1160. The Kier molecular flexibility index (Phi) is 7.23. The Morgan fingerprint density at radius 3 is 2.48 bits per heavy atom. The third kappa shape index (κ3) is 4.93. The molecule has 0 amide bonds. The minimum atomic E-state index is -1.60. The van der Waals surface area contributed by atoms with Gasteiger partial charge in [-0.25, -0.2) is 9.48 Å². The lowest BCUT2D eigenvalue weighted by molar-refractivity contribution is -0.386. The number of aliphatic hydroxyl groups is 1. The summed E-state index contributed by atoms with van der Waals surface area (Å²) in [6.07, 6.45) is -1.60. The highest BCUT2D eigenvalue weighted by atomic mass is 16.6. The molecule has 11 nitrogen and oxygen atoms in total. The number of hydrogen-bond acceptors (Lipinski definition) is 9. The standard InChI is InChI=1S/C22H24N4O7/c1-5-33-22(28)19-20(25(24-23-19)12-14-6-8-15(31-3)9-7-14)21(27)16-11-18(32-4)13(2)10-17(16)26(29)30/h6-11,21,27H,5,12H2,1-4H3. The summed E-state index contributed by atoms with van der Waals surface area (Å²) in [6.45, 7) is 3.50. The van der Waals surface area contributed by atoms with Gasteiger partial charge < -0.3 is 19.3 Å². The number of aromatic nitrogens is 3. The number of nitro benzene ring substituents is 1. The second-order valence-corrected chi connectivity index (χ2v) is 7.09. The molecule has 1 unspecified atom stereocenters. The molecular formula is C22H24N4O7. The highest BCUT2D eigenvalue weighted by Crippen LogP contribution is 2.36. The molecule has 0 fully saturated rings. The van der Waals surface area contributed by atoms with E-state index in [1.165, 1.54) is 23.9 Å². The fraction of sp³-hybridized carbons (Fsp3) is 0.318. The summed E-state index contributed by atoms with van der Waals surface area (Å²) in [5.41, 5.74) is 0.653. The summed E-state index contributed by atoms with van der Waals surface area (Å²) in [5.74, 6) is 0.211. The van der Waals surface area contributed by atoms with Crippen LogP contribution < -0.4 is 9.47 Å². The molecule has 0 spiro atoms. The number of nitro groups is 1. The molecule has 0 saturated heterocycles. The summed E-state index contributed by atoms with van der Waals surface area (Å²) in [6, 6.07) is 9.77. The Labute approximate surface area is 189 Å². The van der Waals surface area contributed by atoms with Crippen LogP contribution in [-0.2, 0) is 11.3 Å². The number of esters is 1. The van der Waals surface area contributed by atoms with Crippen LogP contribution in [0.4, 0.5) is 5.69 Å². The largest absolute Gasteiger partial charge is 0.497 e. The third-order valence-corrected chi connectivity index (χ3v) is 5.03. The molecule has 0 bridgehead atoms. The van der Waals surface area contributed by atoms with Crippen LogP contribution in [0.15, 0.2) is 36.4 Å². The third-order valence-electron chi connectivity index (χ3n) is 5.03. The minimum absolute atomic E-state index is 0.0294. The first-order chi connectivity index (χ1) is 15.8. The molecule has 3 rings (SSSR count). The zero-order valence-electron chi connectivity index (χ0n) is 18.6. The van der Waals surface area contributed by atoms with Crippen LogP contribution in [0.5, 0.6) is 11.5 Å². The number of carbonyl (C=O) groups excluding carboxylic acids is 1. The van der Waals surface area contributed by atoms with Crippen molar-refractivity contribution in [1.82, 2.24) is 15.0 Å². The molecule has 0 radical (unpaired) electrons. The molecule has 0 saturated carbocycles. The number of ether oxygens (including phenoxy) is 3. The van der Waals surface area contributed by atoms with E-state index in [9.17, 15) is 20.0 Å². The van der Waals surface area contributed by atoms with E-state index in [2.05, 4.69) is 10.3 Å². The van der Waals surface area contributed by atoms with Gasteiger partial charge >= 0.3 is 5.97 Å². The topological polar surface area (TPSA) is 139 Å². The van der Waals surface area contributed by atoms with Crippen LogP contribution in [-0.4, -0.2) is 51.8 Å². The van der Waals surface area contributed by atoms with E-state index in [1.807, 2.05) is 0 Å². The number of aliphatic hydroxyl groups excluding tert-OH is 1. The van der Waals surface area contributed by atoms with E-state index in [1.54, 1.807) is 45.2 Å². The summed E-state index contributed by atoms with van der Waals surface area (Å²) in [4.78, 5) is 23.6. The van der Waals surface area contributed by atoms with Gasteiger partial charge in [0, 0.05) is 6.07 Å². The van der Waals surface area contributed by atoms with Gasteiger partial charge in [0.1, 0.15) is 23.3 Å². The summed E-state index contributed by atoms with van der Waals surface area (Å²) < 4.78 is 16.8. The first-order valence-electron chi connectivity index (χ1n) is 10.0. The Balaban J connectivity index is 2.14. The van der Waals surface area contributed by atoms with Gasteiger partial charge in [-0.15, -0.1) is 5.10 Å². The van der Waals surface area contributed by atoms with Crippen LogP contribution in [0.25, 0.3) is 0 Å². The number of carbonyl (C=O) groups is 1. The Hall–Kier alpha value is -3.99. The lowest BCUT2D eigenvalue weighted by atomic mass is 10.00. The van der Waals surface area contributed by atoms with Crippen molar-refractivity contribution in [2.45, 2.75) is 26.5 Å². The zero-order valence-corrected chi connectivity index (χ0v) is 18.6. The van der Waals surface area contributed by atoms with Gasteiger partial charge in [-0.2, -0.15) is 0 Å². The van der Waals surface area contributed by atoms with Gasteiger partial charge in [0.2, 0.25) is 0 Å². The maximum Gasteiger partial charge on any atom is 0.360 e. The number of nitrogens with zero attached hydrogens (tertiary/aromatic N) is 4. The van der Waals surface area contributed by atoms with Crippen molar-refractivity contribution >= 4 is 11.7 Å². The van der Waals surface area contributed by atoms with E-state index in [4.69, 9.17) is 14.2 Å². The van der Waals surface area contributed by atoms with Crippen LogP contribution in [0, 0.1) is 17.0 Å². The minimum Gasteiger partial charge on any atom is -0.497 e. The molecule has 174 valence electrons. The Morgan fingerprint density at radius 2 is 1.91 bits per heavy atom. The average Bonchev–Trinajstić information content (AvgIpc) is 3.22. The maximum atomic E-state index is 12.5. The van der Waals surface area contributed by atoms with Crippen LogP contribution in [0.3, 0.4) is 0 Å². The Morgan fingerprint density at radius 1 is 1.21 bits per heavy atom. The molecular weight excluding hydrogens is 432 g/mol.